The molecule has 0 aliphatic rings. The van der Waals surface area contributed by atoms with Gasteiger partial charge in [0.15, 0.2) is 0 Å². The second-order valence-corrected chi connectivity index (χ2v) is 3.52. The summed E-state index contributed by atoms with van der Waals surface area (Å²) in [5.41, 5.74) is 0.999. The van der Waals surface area contributed by atoms with E-state index in [0.29, 0.717) is 5.75 Å². The molecule has 17 heavy (non-hydrogen) atoms. The predicted octanol–water partition coefficient (Wildman–Crippen LogP) is 3.09. The second-order valence-electron chi connectivity index (χ2n) is 3.52. The van der Waals surface area contributed by atoms with Crippen molar-refractivity contribution in [1.29, 1.82) is 0 Å². The Morgan fingerprint density at radius 3 is 2.59 bits per heavy atom. The van der Waals surface area contributed by atoms with E-state index >= 15 is 0 Å². The van der Waals surface area contributed by atoms with Gasteiger partial charge in [0, 0.05) is 12.3 Å². The molecule has 0 N–H and O–H groups in total. The molecule has 1 heterocycles. The minimum absolute atomic E-state index is 0.0967. The Balaban J connectivity index is 2.30. The number of aryl methyl sites for hydroxylation is 1. The first-order valence-electron chi connectivity index (χ1n) is 5.00. The molecular weight excluding hydrogens is 220 g/mol. The van der Waals surface area contributed by atoms with Gasteiger partial charge in [0.1, 0.15) is 5.75 Å². The standard InChI is InChI=1S/C12H10N2O3/c1-9-2-4-10(5-3-9)17-12-8-13-7-6-11(12)14(15)16/h2-8H,1H3. The number of pyridine rings is 1. The van der Waals surface area contributed by atoms with Gasteiger partial charge >= 0.3 is 5.69 Å². The van der Waals surface area contributed by atoms with Crippen molar-refractivity contribution in [2.24, 2.45) is 0 Å². The number of aromatic nitrogens is 1. The van der Waals surface area contributed by atoms with E-state index in [2.05, 4.69) is 4.98 Å². The van der Waals surface area contributed by atoms with Crippen LogP contribution in [0.3, 0.4) is 0 Å². The molecule has 1 aromatic heterocycles. The van der Waals surface area contributed by atoms with Crippen LogP contribution in [-0.4, -0.2) is 9.91 Å². The summed E-state index contributed by atoms with van der Waals surface area (Å²) in [4.78, 5) is 14.1. The topological polar surface area (TPSA) is 65.3 Å². The lowest BCUT2D eigenvalue weighted by Crippen LogP contribution is -1.93. The fraction of sp³-hybridized carbons (Fsp3) is 0.0833. The van der Waals surface area contributed by atoms with Crippen molar-refractivity contribution >= 4 is 5.69 Å². The zero-order valence-electron chi connectivity index (χ0n) is 9.16. The summed E-state index contributed by atoms with van der Waals surface area (Å²) in [6, 6.07) is 8.57. The summed E-state index contributed by atoms with van der Waals surface area (Å²) in [7, 11) is 0. The van der Waals surface area contributed by atoms with E-state index in [-0.39, 0.29) is 11.4 Å². The van der Waals surface area contributed by atoms with Crippen molar-refractivity contribution in [3.05, 3.63) is 58.4 Å². The first kappa shape index (κ1) is 11.1. The van der Waals surface area contributed by atoms with Crippen LogP contribution in [0.1, 0.15) is 5.56 Å². The molecular formula is C12H10N2O3. The summed E-state index contributed by atoms with van der Waals surface area (Å²) in [6.45, 7) is 1.95. The monoisotopic (exact) mass is 230 g/mol. The van der Waals surface area contributed by atoms with Crippen molar-refractivity contribution in [3.63, 3.8) is 0 Å². The lowest BCUT2D eigenvalue weighted by atomic mass is 10.2. The van der Waals surface area contributed by atoms with Gasteiger partial charge in [0.25, 0.3) is 0 Å². The summed E-state index contributed by atoms with van der Waals surface area (Å²) in [5, 5.41) is 10.8. The normalized spacial score (nSPS) is 9.94. The molecule has 0 unspecified atom stereocenters. The Hall–Kier alpha value is -2.43. The number of hydrogen-bond donors (Lipinski definition) is 0. The van der Waals surface area contributed by atoms with Crippen molar-refractivity contribution < 1.29 is 9.66 Å². The summed E-state index contributed by atoms with van der Waals surface area (Å²) in [6.07, 6.45) is 2.69. The SMILES string of the molecule is Cc1ccc(Oc2cnccc2[N+](=O)[O-])cc1. The highest BCUT2D eigenvalue weighted by Crippen LogP contribution is 2.29. The predicted molar refractivity (Wildman–Crippen MR) is 62.1 cm³/mol. The van der Waals surface area contributed by atoms with Crippen LogP contribution in [0.4, 0.5) is 5.69 Å². The zero-order valence-corrected chi connectivity index (χ0v) is 9.16. The molecule has 0 bridgehead atoms. The van der Waals surface area contributed by atoms with Gasteiger partial charge in [-0.3, -0.25) is 15.1 Å². The minimum atomic E-state index is -0.495. The first-order chi connectivity index (χ1) is 8.16. The maximum absolute atomic E-state index is 10.8. The Morgan fingerprint density at radius 1 is 1.24 bits per heavy atom. The average Bonchev–Trinajstić information content (AvgIpc) is 2.32. The maximum atomic E-state index is 10.8. The maximum Gasteiger partial charge on any atom is 0.314 e. The highest BCUT2D eigenvalue weighted by molar-refractivity contribution is 5.46. The van der Waals surface area contributed by atoms with Gasteiger partial charge in [-0.15, -0.1) is 0 Å². The number of nitro groups is 1. The molecule has 5 heteroatoms. The Bertz CT molecular complexity index is 538. The fourth-order valence-corrected chi connectivity index (χ4v) is 1.34. The molecule has 5 nitrogen and oxygen atoms in total. The van der Waals surface area contributed by atoms with E-state index in [9.17, 15) is 10.1 Å². The van der Waals surface area contributed by atoms with E-state index in [1.54, 1.807) is 12.1 Å². The van der Waals surface area contributed by atoms with Gasteiger partial charge in [0.2, 0.25) is 5.75 Å². The molecule has 0 aliphatic heterocycles. The van der Waals surface area contributed by atoms with E-state index in [1.807, 2.05) is 19.1 Å². The molecule has 2 rings (SSSR count). The summed E-state index contributed by atoms with van der Waals surface area (Å²) >= 11 is 0. The zero-order chi connectivity index (χ0) is 12.3. The lowest BCUT2D eigenvalue weighted by Gasteiger charge is -2.05. The van der Waals surface area contributed by atoms with Crippen LogP contribution in [0.15, 0.2) is 42.7 Å². The number of rotatable bonds is 3. The molecule has 86 valence electrons. The van der Waals surface area contributed by atoms with Gasteiger partial charge in [-0.2, -0.15) is 0 Å². The minimum Gasteiger partial charge on any atom is -0.448 e. The van der Waals surface area contributed by atoms with Crippen LogP contribution in [0.2, 0.25) is 0 Å². The smallest absolute Gasteiger partial charge is 0.314 e. The molecule has 2 aromatic rings. The van der Waals surface area contributed by atoms with Gasteiger partial charge in [-0.1, -0.05) is 17.7 Å². The first-order valence-corrected chi connectivity index (χ1v) is 5.00. The molecule has 1 aromatic carbocycles. The lowest BCUT2D eigenvalue weighted by molar-refractivity contribution is -0.385. The Morgan fingerprint density at radius 2 is 1.94 bits per heavy atom. The van der Waals surface area contributed by atoms with Crippen molar-refractivity contribution in [1.82, 2.24) is 4.98 Å². The molecule has 0 radical (unpaired) electrons. The third kappa shape index (κ3) is 2.57. The highest BCUT2D eigenvalue weighted by Gasteiger charge is 2.14. The van der Waals surface area contributed by atoms with Crippen LogP contribution in [-0.2, 0) is 0 Å². The van der Waals surface area contributed by atoms with Crippen molar-refractivity contribution in [2.45, 2.75) is 6.92 Å². The molecule has 0 saturated carbocycles. The number of nitrogens with zero attached hydrogens (tertiary/aromatic N) is 2. The quantitative estimate of drug-likeness (QED) is 0.600. The van der Waals surface area contributed by atoms with Crippen molar-refractivity contribution in [3.8, 4) is 11.5 Å². The van der Waals surface area contributed by atoms with E-state index in [4.69, 9.17) is 4.74 Å². The second kappa shape index (κ2) is 4.61. The average molecular weight is 230 g/mol. The van der Waals surface area contributed by atoms with E-state index in [0.717, 1.165) is 5.56 Å². The van der Waals surface area contributed by atoms with Gasteiger partial charge in [-0.25, -0.2) is 0 Å². The van der Waals surface area contributed by atoms with E-state index < -0.39 is 4.92 Å². The van der Waals surface area contributed by atoms with Crippen LogP contribution >= 0.6 is 0 Å². The van der Waals surface area contributed by atoms with Gasteiger partial charge in [0.05, 0.1) is 11.1 Å². The number of ether oxygens (including phenoxy) is 1. The highest BCUT2D eigenvalue weighted by atomic mass is 16.6. The molecule has 0 amide bonds. The molecule has 0 aliphatic carbocycles. The van der Waals surface area contributed by atoms with E-state index in [1.165, 1.54) is 18.5 Å². The summed E-state index contributed by atoms with van der Waals surface area (Å²) < 4.78 is 5.42. The fourth-order valence-electron chi connectivity index (χ4n) is 1.34. The van der Waals surface area contributed by atoms with Gasteiger partial charge < -0.3 is 4.74 Å². The largest absolute Gasteiger partial charge is 0.448 e. The van der Waals surface area contributed by atoms with Crippen LogP contribution in [0.5, 0.6) is 11.5 Å². The van der Waals surface area contributed by atoms with Crippen molar-refractivity contribution in [2.75, 3.05) is 0 Å². The molecule has 0 saturated heterocycles. The number of benzene rings is 1. The third-order valence-corrected chi connectivity index (χ3v) is 2.21. The van der Waals surface area contributed by atoms with Gasteiger partial charge in [-0.05, 0) is 19.1 Å². The van der Waals surface area contributed by atoms with Crippen LogP contribution in [0, 0.1) is 17.0 Å². The van der Waals surface area contributed by atoms with Crippen LogP contribution in [0.25, 0.3) is 0 Å². The Kier molecular flexibility index (Phi) is 3.00. The molecule has 0 spiro atoms. The Labute approximate surface area is 97.8 Å². The summed E-state index contributed by atoms with van der Waals surface area (Å²) in [5.74, 6) is 0.688. The molecule has 0 atom stereocenters. The number of hydrogen-bond acceptors (Lipinski definition) is 4. The van der Waals surface area contributed by atoms with Crippen LogP contribution < -0.4 is 4.74 Å². The third-order valence-electron chi connectivity index (χ3n) is 2.21. The molecule has 0 fully saturated rings.